The van der Waals surface area contributed by atoms with Gasteiger partial charge in [0.25, 0.3) is 0 Å². The minimum atomic E-state index is -3.71. The number of carbonyl (C=O) groups is 1. The highest BCUT2D eigenvalue weighted by molar-refractivity contribution is 7.92. The topological polar surface area (TPSA) is 76.1 Å². The van der Waals surface area contributed by atoms with Crippen LogP contribution in [-0.4, -0.2) is 24.6 Å². The van der Waals surface area contributed by atoms with E-state index in [-0.39, 0.29) is 11.4 Å². The SMILES string of the molecule is CCc1nc(CS(=O)(=O)C(C)C(=O)Nc2cc(F)ccc2C)cs1. The molecule has 0 saturated carbocycles. The van der Waals surface area contributed by atoms with E-state index in [1.54, 1.807) is 12.3 Å². The molecule has 5 nitrogen and oxygen atoms in total. The highest BCUT2D eigenvalue weighted by atomic mass is 32.2. The van der Waals surface area contributed by atoms with Gasteiger partial charge in [-0.05, 0) is 38.0 Å². The van der Waals surface area contributed by atoms with Crippen LogP contribution in [0.5, 0.6) is 0 Å². The quantitative estimate of drug-likeness (QED) is 0.848. The number of benzene rings is 1. The Balaban J connectivity index is 2.12. The molecule has 1 amide bonds. The summed E-state index contributed by atoms with van der Waals surface area (Å²) in [6.07, 6.45) is 0.736. The summed E-state index contributed by atoms with van der Waals surface area (Å²) in [4.78, 5) is 16.5. The summed E-state index contributed by atoms with van der Waals surface area (Å²) in [6, 6.07) is 3.96. The number of hydrogen-bond donors (Lipinski definition) is 1. The number of nitrogens with zero attached hydrogens (tertiary/aromatic N) is 1. The van der Waals surface area contributed by atoms with Crippen molar-refractivity contribution in [2.45, 2.75) is 38.2 Å². The lowest BCUT2D eigenvalue weighted by atomic mass is 10.2. The summed E-state index contributed by atoms with van der Waals surface area (Å²) in [5.41, 5.74) is 1.36. The maximum Gasteiger partial charge on any atom is 0.242 e. The van der Waals surface area contributed by atoms with Gasteiger partial charge in [-0.1, -0.05) is 13.0 Å². The average molecular weight is 370 g/mol. The van der Waals surface area contributed by atoms with Crippen LogP contribution in [0.25, 0.3) is 0 Å². The van der Waals surface area contributed by atoms with Gasteiger partial charge in [0.2, 0.25) is 5.91 Å². The summed E-state index contributed by atoms with van der Waals surface area (Å²) in [6.45, 7) is 4.97. The van der Waals surface area contributed by atoms with Crippen molar-refractivity contribution in [3.63, 3.8) is 0 Å². The Morgan fingerprint density at radius 2 is 2.12 bits per heavy atom. The van der Waals surface area contributed by atoms with Gasteiger partial charge >= 0.3 is 0 Å². The number of halogens is 1. The summed E-state index contributed by atoms with van der Waals surface area (Å²) in [7, 11) is -3.71. The van der Waals surface area contributed by atoms with E-state index in [9.17, 15) is 17.6 Å². The second-order valence-corrected chi connectivity index (χ2v) is 8.75. The van der Waals surface area contributed by atoms with Crippen molar-refractivity contribution in [1.82, 2.24) is 4.98 Å². The molecule has 2 aromatic rings. The molecule has 0 bridgehead atoms. The molecule has 1 aromatic carbocycles. The molecule has 1 heterocycles. The van der Waals surface area contributed by atoms with E-state index in [0.29, 0.717) is 11.3 Å². The van der Waals surface area contributed by atoms with Crippen molar-refractivity contribution < 1.29 is 17.6 Å². The first-order chi connectivity index (χ1) is 11.2. The Morgan fingerprint density at radius 1 is 1.42 bits per heavy atom. The average Bonchev–Trinajstić information content (AvgIpc) is 2.97. The lowest BCUT2D eigenvalue weighted by Gasteiger charge is -2.14. The van der Waals surface area contributed by atoms with E-state index in [2.05, 4.69) is 10.3 Å². The lowest BCUT2D eigenvalue weighted by Crippen LogP contribution is -2.33. The summed E-state index contributed by atoms with van der Waals surface area (Å²) < 4.78 is 38.1. The van der Waals surface area contributed by atoms with Gasteiger partial charge < -0.3 is 5.32 Å². The van der Waals surface area contributed by atoms with Gasteiger partial charge in [-0.2, -0.15) is 0 Å². The number of thiazole rings is 1. The summed E-state index contributed by atoms with van der Waals surface area (Å²) >= 11 is 1.40. The van der Waals surface area contributed by atoms with E-state index in [0.717, 1.165) is 11.4 Å². The molecule has 2 rings (SSSR count). The predicted molar refractivity (Wildman–Crippen MR) is 93.3 cm³/mol. The number of hydrogen-bond acceptors (Lipinski definition) is 5. The first-order valence-corrected chi connectivity index (χ1v) is 10.0. The van der Waals surface area contributed by atoms with Crippen LogP contribution in [0.3, 0.4) is 0 Å². The maximum absolute atomic E-state index is 13.3. The van der Waals surface area contributed by atoms with E-state index in [1.165, 1.54) is 36.5 Å². The normalized spacial score (nSPS) is 12.8. The Hall–Kier alpha value is -1.80. The number of aryl methyl sites for hydroxylation is 2. The number of anilines is 1. The molecule has 0 radical (unpaired) electrons. The van der Waals surface area contributed by atoms with Gasteiger partial charge in [-0.15, -0.1) is 11.3 Å². The molecule has 1 atom stereocenters. The molecular weight excluding hydrogens is 351 g/mol. The van der Waals surface area contributed by atoms with Crippen LogP contribution in [0.15, 0.2) is 23.6 Å². The van der Waals surface area contributed by atoms with Crippen molar-refractivity contribution in [3.05, 3.63) is 45.7 Å². The number of aromatic nitrogens is 1. The standard InChI is InChI=1S/C16H19FN2O3S2/c1-4-15-18-13(8-23-15)9-24(21,22)11(3)16(20)19-14-7-12(17)6-5-10(14)2/h5-8,11H,4,9H2,1-3H3,(H,19,20). The highest BCUT2D eigenvalue weighted by Gasteiger charge is 2.29. The van der Waals surface area contributed by atoms with Crippen LogP contribution in [0.1, 0.15) is 30.1 Å². The van der Waals surface area contributed by atoms with E-state index >= 15 is 0 Å². The molecule has 1 N–H and O–H groups in total. The first-order valence-electron chi connectivity index (χ1n) is 7.44. The Bertz CT molecular complexity index is 847. The fraction of sp³-hybridized carbons (Fsp3) is 0.375. The molecular formula is C16H19FN2O3S2. The number of rotatable bonds is 6. The monoisotopic (exact) mass is 370 g/mol. The minimum Gasteiger partial charge on any atom is -0.325 e. The van der Waals surface area contributed by atoms with Gasteiger partial charge in [-0.3, -0.25) is 4.79 Å². The zero-order valence-corrected chi connectivity index (χ0v) is 15.3. The number of sulfone groups is 1. The molecule has 0 fully saturated rings. The molecule has 0 aliphatic rings. The van der Waals surface area contributed by atoms with Crippen LogP contribution in [-0.2, 0) is 26.8 Å². The van der Waals surface area contributed by atoms with Crippen molar-refractivity contribution in [2.24, 2.45) is 0 Å². The Kier molecular flexibility index (Phi) is 5.71. The van der Waals surface area contributed by atoms with Crippen molar-refractivity contribution in [3.8, 4) is 0 Å². The van der Waals surface area contributed by atoms with Crippen molar-refractivity contribution in [1.29, 1.82) is 0 Å². The fourth-order valence-electron chi connectivity index (χ4n) is 2.04. The highest BCUT2D eigenvalue weighted by Crippen LogP contribution is 2.19. The van der Waals surface area contributed by atoms with Crippen LogP contribution in [0, 0.1) is 12.7 Å². The van der Waals surface area contributed by atoms with Gasteiger partial charge in [0.15, 0.2) is 9.84 Å². The van der Waals surface area contributed by atoms with Gasteiger partial charge in [0.1, 0.15) is 11.1 Å². The largest absolute Gasteiger partial charge is 0.325 e. The Morgan fingerprint density at radius 3 is 2.75 bits per heavy atom. The van der Waals surface area contributed by atoms with E-state index < -0.39 is 26.8 Å². The van der Waals surface area contributed by atoms with Gasteiger partial charge in [-0.25, -0.2) is 17.8 Å². The number of carbonyl (C=O) groups excluding carboxylic acids is 1. The molecule has 24 heavy (non-hydrogen) atoms. The molecule has 0 saturated heterocycles. The van der Waals surface area contributed by atoms with Gasteiger partial charge in [0, 0.05) is 11.1 Å². The molecule has 1 aromatic heterocycles. The minimum absolute atomic E-state index is 0.268. The summed E-state index contributed by atoms with van der Waals surface area (Å²) in [5.74, 6) is -1.48. The second-order valence-electron chi connectivity index (χ2n) is 5.48. The number of nitrogens with one attached hydrogen (secondary N) is 1. The Labute approximate surface area is 144 Å². The lowest BCUT2D eigenvalue weighted by molar-refractivity contribution is -0.115. The molecule has 130 valence electrons. The molecule has 0 spiro atoms. The zero-order valence-electron chi connectivity index (χ0n) is 13.7. The molecule has 0 aliphatic carbocycles. The van der Waals surface area contributed by atoms with Crippen molar-refractivity contribution in [2.75, 3.05) is 5.32 Å². The smallest absolute Gasteiger partial charge is 0.242 e. The second kappa shape index (κ2) is 7.40. The third kappa shape index (κ3) is 4.39. The molecule has 0 aliphatic heterocycles. The third-order valence-electron chi connectivity index (χ3n) is 3.62. The van der Waals surface area contributed by atoms with Gasteiger partial charge in [0.05, 0.1) is 16.5 Å². The van der Waals surface area contributed by atoms with E-state index in [1.807, 2.05) is 6.92 Å². The van der Waals surface area contributed by atoms with E-state index in [4.69, 9.17) is 0 Å². The first kappa shape index (κ1) is 18.5. The predicted octanol–water partition coefficient (Wildman–Crippen LogP) is 3.10. The fourth-order valence-corrected chi connectivity index (χ4v) is 4.08. The third-order valence-corrected chi connectivity index (χ3v) is 6.65. The van der Waals surface area contributed by atoms with Crippen LogP contribution < -0.4 is 5.32 Å². The van der Waals surface area contributed by atoms with Crippen LogP contribution >= 0.6 is 11.3 Å². The molecule has 1 unspecified atom stereocenters. The zero-order chi connectivity index (χ0) is 17.9. The summed E-state index contributed by atoms with van der Waals surface area (Å²) in [5, 5.41) is 3.77. The van der Waals surface area contributed by atoms with Crippen LogP contribution in [0.2, 0.25) is 0 Å². The van der Waals surface area contributed by atoms with Crippen LogP contribution in [0.4, 0.5) is 10.1 Å². The molecule has 8 heteroatoms. The number of amides is 1. The van der Waals surface area contributed by atoms with Crippen molar-refractivity contribution >= 4 is 32.8 Å². The maximum atomic E-state index is 13.3.